The van der Waals surface area contributed by atoms with Crippen molar-refractivity contribution in [3.63, 3.8) is 0 Å². The normalized spacial score (nSPS) is 6.56. The van der Waals surface area contributed by atoms with Gasteiger partial charge in [-0.25, -0.2) is 0 Å². The van der Waals surface area contributed by atoms with Crippen molar-refractivity contribution in [1.82, 2.24) is 15.2 Å². The van der Waals surface area contributed by atoms with Gasteiger partial charge in [0.1, 0.15) is 0 Å². The van der Waals surface area contributed by atoms with Gasteiger partial charge < -0.3 is 10.1 Å². The summed E-state index contributed by atoms with van der Waals surface area (Å²) in [6.45, 7) is 5.82. The van der Waals surface area contributed by atoms with Crippen molar-refractivity contribution >= 4 is 0 Å². The molecular formula is C5H10N3Y-. The Hall–Kier alpha value is 0.244. The maximum absolute atomic E-state index is 3.62. The van der Waals surface area contributed by atoms with E-state index in [0.717, 1.165) is 5.82 Å². The molecule has 0 spiro atoms. The third-order valence-corrected chi connectivity index (χ3v) is 0.485. The first-order valence-corrected chi connectivity index (χ1v) is 2.64. The van der Waals surface area contributed by atoms with Gasteiger partial charge in [0.05, 0.1) is 0 Å². The van der Waals surface area contributed by atoms with Crippen LogP contribution < -0.4 is 0 Å². The van der Waals surface area contributed by atoms with Gasteiger partial charge in [0.2, 0.25) is 0 Å². The minimum absolute atomic E-state index is 0. The first kappa shape index (κ1) is 12.0. The van der Waals surface area contributed by atoms with E-state index in [0.29, 0.717) is 0 Å². The second-order valence-electron chi connectivity index (χ2n) is 1.02. The number of rotatable bonds is 0. The predicted molar refractivity (Wildman–Crippen MR) is 31.3 cm³/mol. The van der Waals surface area contributed by atoms with Gasteiger partial charge in [-0.3, -0.25) is 5.10 Å². The second kappa shape index (κ2) is 8.24. The third kappa shape index (κ3) is 6.12. The van der Waals surface area contributed by atoms with Crippen LogP contribution in [0.3, 0.4) is 0 Å². The molecule has 9 heavy (non-hydrogen) atoms. The summed E-state index contributed by atoms with van der Waals surface area (Å²) < 4.78 is 0. The number of hydrogen-bond acceptors (Lipinski definition) is 2. The van der Waals surface area contributed by atoms with Gasteiger partial charge in [-0.1, -0.05) is 20.8 Å². The van der Waals surface area contributed by atoms with Crippen LogP contribution >= 0.6 is 0 Å². The molecule has 0 amide bonds. The molecule has 1 heterocycles. The molecular weight excluding hydrogens is 191 g/mol. The van der Waals surface area contributed by atoms with Crippen LogP contribution in [0.25, 0.3) is 0 Å². The maximum atomic E-state index is 3.62. The zero-order valence-electron chi connectivity index (χ0n) is 5.97. The van der Waals surface area contributed by atoms with E-state index in [1.807, 2.05) is 20.8 Å². The molecule has 0 aromatic carbocycles. The van der Waals surface area contributed by atoms with Crippen molar-refractivity contribution in [2.45, 2.75) is 20.8 Å². The number of nitrogens with one attached hydrogen (secondary N) is 1. The van der Waals surface area contributed by atoms with Crippen LogP contribution in [0.2, 0.25) is 0 Å². The number of aromatic nitrogens is 3. The summed E-state index contributed by atoms with van der Waals surface area (Å²) in [5.74, 6) is 0.801. The molecule has 3 nitrogen and oxygen atoms in total. The zero-order valence-corrected chi connectivity index (χ0v) is 8.81. The molecule has 0 aliphatic heterocycles. The van der Waals surface area contributed by atoms with Crippen LogP contribution in [0.15, 0.2) is 0 Å². The van der Waals surface area contributed by atoms with Gasteiger partial charge in [-0.2, -0.15) is 0 Å². The van der Waals surface area contributed by atoms with Gasteiger partial charge in [0.15, 0.2) is 0 Å². The SMILES string of the molecule is CC.Cc1n[c-]n[nH]1.[Y]. The summed E-state index contributed by atoms with van der Waals surface area (Å²) in [6.07, 6.45) is 2.37. The number of aryl methyl sites for hydroxylation is 1. The molecule has 4 heteroatoms. The molecule has 0 fully saturated rings. The third-order valence-electron chi connectivity index (χ3n) is 0.485. The van der Waals surface area contributed by atoms with E-state index >= 15 is 0 Å². The van der Waals surface area contributed by atoms with E-state index in [-0.39, 0.29) is 32.7 Å². The summed E-state index contributed by atoms with van der Waals surface area (Å²) >= 11 is 0. The molecule has 1 aromatic heterocycles. The molecule has 0 saturated carbocycles. The van der Waals surface area contributed by atoms with Crippen LogP contribution in [-0.2, 0) is 32.7 Å². The standard InChI is InChI=1S/C3H4N3.C2H6.Y/c1-3-4-2-5-6-3;1-2;/h1H3,(H,4,5,6);1-2H3;/q-1;;. The molecule has 0 aliphatic carbocycles. The number of hydrogen-bond donors (Lipinski definition) is 1. The molecule has 1 radical (unpaired) electrons. The summed E-state index contributed by atoms with van der Waals surface area (Å²) in [5.41, 5.74) is 0. The van der Waals surface area contributed by atoms with Crippen molar-refractivity contribution in [2.24, 2.45) is 0 Å². The Morgan fingerprint density at radius 2 is 2.00 bits per heavy atom. The van der Waals surface area contributed by atoms with Gasteiger partial charge >= 0.3 is 0 Å². The Labute approximate surface area is 80.5 Å². The summed E-state index contributed by atoms with van der Waals surface area (Å²) in [7, 11) is 0. The average molecular weight is 201 g/mol. The van der Waals surface area contributed by atoms with Crippen molar-refractivity contribution in [2.75, 3.05) is 0 Å². The van der Waals surface area contributed by atoms with E-state index in [1.165, 1.54) is 0 Å². The molecule has 49 valence electrons. The fourth-order valence-electron chi connectivity index (χ4n) is 0.231. The Morgan fingerprint density at radius 1 is 1.44 bits per heavy atom. The summed E-state index contributed by atoms with van der Waals surface area (Å²) in [4.78, 5) is 3.62. The first-order chi connectivity index (χ1) is 3.89. The quantitative estimate of drug-likeness (QED) is 0.634. The summed E-state index contributed by atoms with van der Waals surface area (Å²) in [5, 5.41) is 6.04. The van der Waals surface area contributed by atoms with Gasteiger partial charge in [0, 0.05) is 32.7 Å². The monoisotopic (exact) mass is 201 g/mol. The van der Waals surface area contributed by atoms with Crippen molar-refractivity contribution in [3.05, 3.63) is 12.2 Å². The zero-order chi connectivity index (χ0) is 6.41. The Balaban J connectivity index is 0. The van der Waals surface area contributed by atoms with Gasteiger partial charge in [-0.15, -0.1) is 0 Å². The smallest absolute Gasteiger partial charge is 0 e. The fourth-order valence-corrected chi connectivity index (χ4v) is 0.231. The summed E-state index contributed by atoms with van der Waals surface area (Å²) in [6, 6.07) is 0. The molecule has 1 N–H and O–H groups in total. The molecule has 0 aliphatic rings. The minimum atomic E-state index is 0. The number of nitrogens with zero attached hydrogens (tertiary/aromatic N) is 2. The minimum Gasteiger partial charge on any atom is -0.418 e. The van der Waals surface area contributed by atoms with E-state index in [9.17, 15) is 0 Å². The largest absolute Gasteiger partial charge is 0.418 e. The van der Waals surface area contributed by atoms with Crippen LogP contribution in [-0.4, -0.2) is 15.2 Å². The Bertz CT molecular complexity index is 116. The first-order valence-electron chi connectivity index (χ1n) is 2.64. The molecule has 0 unspecified atom stereocenters. The van der Waals surface area contributed by atoms with Crippen LogP contribution in [0.1, 0.15) is 19.7 Å². The number of H-pyrrole nitrogens is 1. The van der Waals surface area contributed by atoms with E-state index in [2.05, 4.69) is 21.5 Å². The second-order valence-corrected chi connectivity index (χ2v) is 1.02. The van der Waals surface area contributed by atoms with Gasteiger partial charge in [-0.05, 0) is 12.2 Å². The fraction of sp³-hybridized carbons (Fsp3) is 0.600. The van der Waals surface area contributed by atoms with Crippen LogP contribution in [0, 0.1) is 13.3 Å². The van der Waals surface area contributed by atoms with Crippen molar-refractivity contribution < 1.29 is 32.7 Å². The van der Waals surface area contributed by atoms with Crippen LogP contribution in [0.5, 0.6) is 0 Å². The van der Waals surface area contributed by atoms with Gasteiger partial charge in [0.25, 0.3) is 0 Å². The topological polar surface area (TPSA) is 41.6 Å². The molecule has 0 bridgehead atoms. The van der Waals surface area contributed by atoms with Crippen LogP contribution in [0.4, 0.5) is 0 Å². The molecule has 1 rings (SSSR count). The predicted octanol–water partition coefficient (Wildman–Crippen LogP) is 0.937. The van der Waals surface area contributed by atoms with Crippen molar-refractivity contribution in [1.29, 1.82) is 0 Å². The van der Waals surface area contributed by atoms with E-state index in [1.54, 1.807) is 0 Å². The Morgan fingerprint density at radius 3 is 2.11 bits per heavy atom. The van der Waals surface area contributed by atoms with E-state index in [4.69, 9.17) is 0 Å². The maximum Gasteiger partial charge on any atom is 0 e. The number of aromatic amines is 1. The molecule has 0 saturated heterocycles. The Kier molecular flexibility index (Phi) is 11.0. The van der Waals surface area contributed by atoms with E-state index < -0.39 is 0 Å². The average Bonchev–Trinajstić information content (AvgIpc) is 2.24. The molecule has 1 aromatic rings. The molecule has 0 atom stereocenters. The van der Waals surface area contributed by atoms with Crippen molar-refractivity contribution in [3.8, 4) is 0 Å².